The number of carboxylic acid groups (broad SMARTS) is 1. The third-order valence-corrected chi connectivity index (χ3v) is 3.79. The van der Waals surface area contributed by atoms with Crippen molar-refractivity contribution in [3.05, 3.63) is 35.9 Å². The molecule has 114 valence electrons. The monoisotopic (exact) mass is 293 g/mol. The van der Waals surface area contributed by atoms with Crippen molar-refractivity contribution in [3.63, 3.8) is 0 Å². The van der Waals surface area contributed by atoms with Gasteiger partial charge in [-0.05, 0) is 18.4 Å². The molecule has 6 nitrogen and oxygen atoms in total. The van der Waals surface area contributed by atoms with Crippen molar-refractivity contribution < 1.29 is 24.2 Å². The van der Waals surface area contributed by atoms with E-state index in [1.165, 1.54) is 7.11 Å². The zero-order valence-electron chi connectivity index (χ0n) is 11.9. The van der Waals surface area contributed by atoms with E-state index >= 15 is 0 Å². The third kappa shape index (κ3) is 3.95. The van der Waals surface area contributed by atoms with Gasteiger partial charge in [-0.25, -0.2) is 4.79 Å². The number of hydrogen-bond donors (Lipinski definition) is 2. The number of hydrogen-bond acceptors (Lipinski definition) is 4. The molecule has 0 spiro atoms. The Morgan fingerprint density at radius 1 is 1.33 bits per heavy atom. The zero-order valence-corrected chi connectivity index (χ0v) is 11.9. The third-order valence-electron chi connectivity index (χ3n) is 3.79. The lowest BCUT2D eigenvalue weighted by molar-refractivity contribution is -0.161. The van der Waals surface area contributed by atoms with Crippen molar-refractivity contribution in [3.8, 4) is 0 Å². The highest BCUT2D eigenvalue weighted by atomic mass is 16.5. The predicted octanol–water partition coefficient (Wildman–Crippen LogP) is 1.79. The van der Waals surface area contributed by atoms with Crippen LogP contribution in [0.25, 0.3) is 0 Å². The van der Waals surface area contributed by atoms with E-state index in [0.29, 0.717) is 12.8 Å². The Labute approximate surface area is 123 Å². The normalized spacial score (nSPS) is 24.0. The summed E-state index contributed by atoms with van der Waals surface area (Å²) in [4.78, 5) is 22.4. The molecule has 0 radical (unpaired) electrons. The molecule has 0 saturated heterocycles. The van der Waals surface area contributed by atoms with Gasteiger partial charge in [-0.3, -0.25) is 4.79 Å². The van der Waals surface area contributed by atoms with E-state index in [9.17, 15) is 9.59 Å². The molecule has 1 aromatic carbocycles. The zero-order chi connectivity index (χ0) is 15.3. The molecule has 2 rings (SSSR count). The number of aliphatic carboxylic acids is 1. The van der Waals surface area contributed by atoms with E-state index < -0.39 is 23.6 Å². The summed E-state index contributed by atoms with van der Waals surface area (Å²) < 4.78 is 10.4. The lowest BCUT2D eigenvalue weighted by Gasteiger charge is -2.44. The Hall–Kier alpha value is -2.08. The van der Waals surface area contributed by atoms with Gasteiger partial charge < -0.3 is 19.9 Å². The van der Waals surface area contributed by atoms with Crippen molar-refractivity contribution >= 4 is 12.1 Å². The van der Waals surface area contributed by atoms with Crippen LogP contribution in [-0.2, 0) is 20.9 Å². The van der Waals surface area contributed by atoms with Gasteiger partial charge in [0.25, 0.3) is 0 Å². The first-order valence-electron chi connectivity index (χ1n) is 6.77. The van der Waals surface area contributed by atoms with Crippen molar-refractivity contribution in [2.24, 2.45) is 5.92 Å². The van der Waals surface area contributed by atoms with E-state index in [4.69, 9.17) is 14.6 Å². The van der Waals surface area contributed by atoms with Crippen molar-refractivity contribution in [1.82, 2.24) is 5.32 Å². The number of benzene rings is 1. The van der Waals surface area contributed by atoms with Crippen LogP contribution in [-0.4, -0.2) is 36.4 Å². The van der Waals surface area contributed by atoms with Crippen LogP contribution < -0.4 is 5.32 Å². The first kappa shape index (κ1) is 15.3. The smallest absolute Gasteiger partial charge is 0.407 e. The number of alkyl carbamates (subject to hydrolysis) is 1. The van der Waals surface area contributed by atoms with E-state index in [2.05, 4.69) is 5.32 Å². The minimum Gasteiger partial charge on any atom is -0.481 e. The summed E-state index contributed by atoms with van der Waals surface area (Å²) in [6, 6.07) is 9.37. The fraction of sp³-hybridized carbons (Fsp3) is 0.467. The standard InChI is InChI=1S/C15H19NO5/c1-20-15(7-12(8-15)13(17)18)10-16-14(19)21-9-11-5-3-2-4-6-11/h2-6,12H,7-10H2,1H3,(H,16,19)(H,17,18). The molecule has 1 amide bonds. The average Bonchev–Trinajstić information content (AvgIpc) is 2.45. The molecule has 1 saturated carbocycles. The van der Waals surface area contributed by atoms with Crippen LogP contribution in [0.4, 0.5) is 4.79 Å². The number of amides is 1. The lowest BCUT2D eigenvalue weighted by Crippen LogP contribution is -2.55. The first-order valence-corrected chi connectivity index (χ1v) is 6.77. The summed E-state index contributed by atoms with van der Waals surface area (Å²) in [6.45, 7) is 0.450. The minimum atomic E-state index is -0.825. The van der Waals surface area contributed by atoms with Crippen LogP contribution in [0.5, 0.6) is 0 Å². The predicted molar refractivity (Wildman–Crippen MR) is 74.7 cm³/mol. The molecule has 6 heteroatoms. The largest absolute Gasteiger partial charge is 0.481 e. The maximum Gasteiger partial charge on any atom is 0.407 e. The number of nitrogens with one attached hydrogen (secondary N) is 1. The maximum atomic E-state index is 11.6. The Bertz CT molecular complexity index is 496. The Balaban J connectivity index is 1.72. The summed E-state index contributed by atoms with van der Waals surface area (Å²) in [7, 11) is 1.52. The number of carboxylic acids is 1. The molecule has 0 unspecified atom stereocenters. The highest BCUT2D eigenvalue weighted by Crippen LogP contribution is 2.40. The van der Waals surface area contributed by atoms with Crippen LogP contribution in [0, 0.1) is 5.92 Å². The van der Waals surface area contributed by atoms with Gasteiger partial charge in [0, 0.05) is 13.7 Å². The molecule has 1 aromatic rings. The minimum absolute atomic E-state index is 0.199. The van der Waals surface area contributed by atoms with Gasteiger partial charge >= 0.3 is 12.1 Å². The second-order valence-electron chi connectivity index (χ2n) is 5.25. The topological polar surface area (TPSA) is 84.9 Å². The van der Waals surface area contributed by atoms with Gasteiger partial charge in [0.2, 0.25) is 0 Å². The summed E-state index contributed by atoms with van der Waals surface area (Å²) in [6.07, 6.45) is 0.268. The van der Waals surface area contributed by atoms with Crippen LogP contribution in [0.1, 0.15) is 18.4 Å². The number of carbonyl (C=O) groups is 2. The van der Waals surface area contributed by atoms with Crippen molar-refractivity contribution in [2.45, 2.75) is 25.0 Å². The molecule has 0 atom stereocenters. The van der Waals surface area contributed by atoms with Gasteiger partial charge in [-0.2, -0.15) is 0 Å². The fourth-order valence-corrected chi connectivity index (χ4v) is 2.40. The van der Waals surface area contributed by atoms with E-state index in [1.54, 1.807) is 0 Å². The molecule has 0 aliphatic heterocycles. The maximum absolute atomic E-state index is 11.6. The quantitative estimate of drug-likeness (QED) is 0.835. The molecule has 0 heterocycles. The molecule has 1 aliphatic rings. The Morgan fingerprint density at radius 2 is 2.00 bits per heavy atom. The Kier molecular flexibility index (Phi) is 4.80. The number of carbonyl (C=O) groups excluding carboxylic acids is 1. The molecule has 1 aliphatic carbocycles. The van der Waals surface area contributed by atoms with Gasteiger partial charge in [-0.15, -0.1) is 0 Å². The fourth-order valence-electron chi connectivity index (χ4n) is 2.40. The number of rotatable bonds is 6. The van der Waals surface area contributed by atoms with Crippen molar-refractivity contribution in [1.29, 1.82) is 0 Å². The van der Waals surface area contributed by atoms with Crippen LogP contribution in [0.2, 0.25) is 0 Å². The molecule has 21 heavy (non-hydrogen) atoms. The number of ether oxygens (including phenoxy) is 2. The van der Waals surface area contributed by atoms with Gasteiger partial charge in [0.05, 0.1) is 11.5 Å². The summed E-state index contributed by atoms with van der Waals surface area (Å²) in [5, 5.41) is 11.5. The highest BCUT2D eigenvalue weighted by molar-refractivity contribution is 5.72. The van der Waals surface area contributed by atoms with Gasteiger partial charge in [0.15, 0.2) is 0 Å². The van der Waals surface area contributed by atoms with E-state index in [-0.39, 0.29) is 13.2 Å². The van der Waals surface area contributed by atoms with Crippen LogP contribution in [0.15, 0.2) is 30.3 Å². The van der Waals surface area contributed by atoms with Crippen molar-refractivity contribution in [2.75, 3.05) is 13.7 Å². The molecule has 0 bridgehead atoms. The van der Waals surface area contributed by atoms with E-state index in [1.807, 2.05) is 30.3 Å². The summed E-state index contributed by atoms with van der Waals surface area (Å²) >= 11 is 0. The molecular weight excluding hydrogens is 274 g/mol. The highest BCUT2D eigenvalue weighted by Gasteiger charge is 2.48. The van der Waals surface area contributed by atoms with Crippen LogP contribution in [0.3, 0.4) is 0 Å². The number of methoxy groups -OCH3 is 1. The summed E-state index contributed by atoms with van der Waals surface area (Å²) in [5.74, 6) is -1.22. The molecule has 2 N–H and O–H groups in total. The first-order chi connectivity index (χ1) is 10.0. The molecular formula is C15H19NO5. The van der Waals surface area contributed by atoms with Gasteiger partial charge in [0.1, 0.15) is 6.61 Å². The molecule has 0 aromatic heterocycles. The molecule has 1 fully saturated rings. The second-order valence-corrected chi connectivity index (χ2v) is 5.25. The SMILES string of the molecule is COC1(CNC(=O)OCc2ccccc2)CC(C(=O)O)C1. The van der Waals surface area contributed by atoms with Crippen LogP contribution >= 0.6 is 0 Å². The van der Waals surface area contributed by atoms with E-state index in [0.717, 1.165) is 5.56 Å². The second kappa shape index (κ2) is 6.58. The average molecular weight is 293 g/mol. The lowest BCUT2D eigenvalue weighted by atomic mass is 9.70. The summed E-state index contributed by atoms with van der Waals surface area (Å²) in [5.41, 5.74) is 0.318. The Morgan fingerprint density at radius 3 is 2.57 bits per heavy atom. The van der Waals surface area contributed by atoms with Gasteiger partial charge in [-0.1, -0.05) is 30.3 Å².